The molecule has 0 saturated heterocycles. The van der Waals surface area contributed by atoms with Crippen molar-refractivity contribution in [3.8, 4) is 11.8 Å². The lowest BCUT2D eigenvalue weighted by Crippen LogP contribution is -2.35. The molecule has 0 aromatic carbocycles. The van der Waals surface area contributed by atoms with Gasteiger partial charge in [-0.3, -0.25) is 4.68 Å². The molecule has 0 spiro atoms. The molecule has 0 unspecified atom stereocenters. The van der Waals surface area contributed by atoms with Crippen LogP contribution in [0.2, 0.25) is 0 Å². The minimum absolute atomic E-state index is 0.0743. The predicted octanol–water partition coefficient (Wildman–Crippen LogP) is 1.89. The average molecular weight is 261 g/mol. The van der Waals surface area contributed by atoms with Crippen molar-refractivity contribution in [3.63, 3.8) is 0 Å². The molecule has 0 bridgehead atoms. The Balaban J connectivity index is 1.95. The summed E-state index contributed by atoms with van der Waals surface area (Å²) in [6.07, 6.45) is 6.91. The van der Waals surface area contributed by atoms with Gasteiger partial charge in [0.25, 0.3) is 0 Å². The first-order valence-corrected chi connectivity index (χ1v) is 6.15. The Hall–Kier alpha value is -1.95. The van der Waals surface area contributed by atoms with Gasteiger partial charge in [-0.15, -0.1) is 0 Å². The maximum Gasteiger partial charge on any atom is 0.321 e. The number of rotatable bonds is 4. The molecule has 1 N–H and O–H groups in total. The molecule has 0 fully saturated rings. The van der Waals surface area contributed by atoms with Crippen LogP contribution >= 0.6 is 0 Å². The highest BCUT2D eigenvalue weighted by atomic mass is 16.5. The van der Waals surface area contributed by atoms with Gasteiger partial charge in [-0.05, 0) is 20.8 Å². The normalized spacial score (nSPS) is 11.6. The molecule has 0 amide bonds. The number of hydrogen-bond acceptors (Lipinski definition) is 5. The van der Waals surface area contributed by atoms with E-state index >= 15 is 0 Å². The minimum atomic E-state index is 0.0743. The van der Waals surface area contributed by atoms with Crippen molar-refractivity contribution in [3.05, 3.63) is 30.4 Å². The van der Waals surface area contributed by atoms with E-state index in [1.807, 2.05) is 7.05 Å². The zero-order chi connectivity index (χ0) is 13.9. The summed E-state index contributed by atoms with van der Waals surface area (Å²) in [6.45, 7) is 7.09. The third-order valence-electron chi connectivity index (χ3n) is 2.39. The standard InChI is InChI=1S/C13H19N5O/c1-13(2,3)16-7-10-5-14-12(15-6-10)19-11-8-17-18(4)9-11/h5-6,8-9,16H,7H2,1-4H3. The molecule has 6 heteroatoms. The molecule has 0 aliphatic rings. The summed E-state index contributed by atoms with van der Waals surface area (Å²) in [4.78, 5) is 8.35. The van der Waals surface area contributed by atoms with Gasteiger partial charge in [0.1, 0.15) is 0 Å². The van der Waals surface area contributed by atoms with Crippen molar-refractivity contribution < 1.29 is 4.74 Å². The zero-order valence-corrected chi connectivity index (χ0v) is 11.7. The molecule has 19 heavy (non-hydrogen) atoms. The van der Waals surface area contributed by atoms with E-state index in [1.165, 1.54) is 0 Å². The van der Waals surface area contributed by atoms with Crippen LogP contribution in [0.1, 0.15) is 26.3 Å². The van der Waals surface area contributed by atoms with Crippen LogP contribution in [0.3, 0.4) is 0 Å². The smallest absolute Gasteiger partial charge is 0.321 e. The second kappa shape index (κ2) is 5.36. The van der Waals surface area contributed by atoms with Crippen LogP contribution in [0.5, 0.6) is 11.8 Å². The maximum absolute atomic E-state index is 5.47. The first kappa shape index (κ1) is 13.5. The zero-order valence-electron chi connectivity index (χ0n) is 11.7. The monoisotopic (exact) mass is 261 g/mol. The number of hydrogen-bond donors (Lipinski definition) is 1. The highest BCUT2D eigenvalue weighted by molar-refractivity contribution is 5.17. The van der Waals surface area contributed by atoms with Gasteiger partial charge in [0.05, 0.1) is 12.4 Å². The van der Waals surface area contributed by atoms with E-state index in [2.05, 4.69) is 41.2 Å². The number of ether oxygens (including phenoxy) is 1. The molecule has 0 aliphatic carbocycles. The lowest BCUT2D eigenvalue weighted by atomic mass is 10.1. The van der Waals surface area contributed by atoms with Gasteiger partial charge in [-0.1, -0.05) is 0 Å². The van der Waals surface area contributed by atoms with Crippen LogP contribution in [0, 0.1) is 0 Å². The fourth-order valence-electron chi connectivity index (χ4n) is 1.41. The molecule has 2 rings (SSSR count). The molecule has 6 nitrogen and oxygen atoms in total. The van der Waals surface area contributed by atoms with Gasteiger partial charge in [-0.2, -0.15) is 5.10 Å². The van der Waals surface area contributed by atoms with Crippen LogP contribution in [0.4, 0.5) is 0 Å². The van der Waals surface area contributed by atoms with Gasteiger partial charge < -0.3 is 10.1 Å². The number of nitrogens with one attached hydrogen (secondary N) is 1. The molecule has 2 aromatic rings. The first-order chi connectivity index (χ1) is 8.92. The lowest BCUT2D eigenvalue weighted by Gasteiger charge is -2.20. The number of aryl methyl sites for hydroxylation is 1. The topological polar surface area (TPSA) is 64.9 Å². The summed E-state index contributed by atoms with van der Waals surface area (Å²) < 4.78 is 7.14. The molecule has 102 valence electrons. The van der Waals surface area contributed by atoms with E-state index in [0.29, 0.717) is 11.8 Å². The minimum Gasteiger partial charge on any atom is -0.421 e. The Labute approximate surface area is 112 Å². The van der Waals surface area contributed by atoms with Gasteiger partial charge in [0, 0.05) is 37.1 Å². The van der Waals surface area contributed by atoms with Crippen molar-refractivity contribution in [2.75, 3.05) is 0 Å². The van der Waals surface area contributed by atoms with Gasteiger partial charge in [0.15, 0.2) is 5.75 Å². The largest absolute Gasteiger partial charge is 0.421 e. The Morgan fingerprint density at radius 3 is 2.42 bits per heavy atom. The summed E-state index contributed by atoms with van der Waals surface area (Å²) in [7, 11) is 1.83. The SMILES string of the molecule is Cn1cc(Oc2ncc(CNC(C)(C)C)cn2)cn1. The molecule has 2 heterocycles. The summed E-state index contributed by atoms with van der Waals surface area (Å²) in [5, 5.41) is 7.39. The Morgan fingerprint density at radius 2 is 1.89 bits per heavy atom. The third-order valence-corrected chi connectivity index (χ3v) is 2.39. The summed E-state index contributed by atoms with van der Waals surface area (Å²) in [5.74, 6) is 0.628. The highest BCUT2D eigenvalue weighted by Crippen LogP contribution is 2.15. The van der Waals surface area contributed by atoms with E-state index in [4.69, 9.17) is 4.74 Å². The molecule has 0 saturated carbocycles. The summed E-state index contributed by atoms with van der Waals surface area (Å²) >= 11 is 0. The van der Waals surface area contributed by atoms with Crippen molar-refractivity contribution in [1.29, 1.82) is 0 Å². The molecule has 0 aliphatic heterocycles. The summed E-state index contributed by atoms with van der Waals surface area (Å²) in [6, 6.07) is 0.326. The second-order valence-electron chi connectivity index (χ2n) is 5.43. The van der Waals surface area contributed by atoms with Crippen molar-refractivity contribution in [2.24, 2.45) is 7.05 Å². The Kier molecular flexibility index (Phi) is 3.80. The Morgan fingerprint density at radius 1 is 1.21 bits per heavy atom. The molecular weight excluding hydrogens is 242 g/mol. The van der Waals surface area contributed by atoms with Crippen molar-refractivity contribution in [1.82, 2.24) is 25.1 Å². The van der Waals surface area contributed by atoms with Gasteiger partial charge in [-0.25, -0.2) is 9.97 Å². The van der Waals surface area contributed by atoms with Crippen LogP contribution in [-0.2, 0) is 13.6 Å². The third kappa shape index (κ3) is 4.33. The van der Waals surface area contributed by atoms with Gasteiger partial charge >= 0.3 is 6.01 Å². The van der Waals surface area contributed by atoms with Crippen molar-refractivity contribution >= 4 is 0 Å². The summed E-state index contributed by atoms with van der Waals surface area (Å²) in [5.41, 5.74) is 1.10. The van der Waals surface area contributed by atoms with E-state index in [9.17, 15) is 0 Å². The predicted molar refractivity (Wildman–Crippen MR) is 71.9 cm³/mol. The van der Waals surface area contributed by atoms with Crippen LogP contribution in [0.25, 0.3) is 0 Å². The molecular formula is C13H19N5O. The van der Waals surface area contributed by atoms with Crippen LogP contribution in [-0.4, -0.2) is 25.3 Å². The maximum atomic E-state index is 5.47. The van der Waals surface area contributed by atoms with E-state index in [-0.39, 0.29) is 5.54 Å². The Bertz CT molecular complexity index is 527. The van der Waals surface area contributed by atoms with E-state index in [0.717, 1.165) is 12.1 Å². The van der Waals surface area contributed by atoms with Crippen molar-refractivity contribution in [2.45, 2.75) is 32.9 Å². The number of nitrogens with zero attached hydrogens (tertiary/aromatic N) is 4. The second-order valence-corrected chi connectivity index (χ2v) is 5.43. The van der Waals surface area contributed by atoms with E-state index in [1.54, 1.807) is 29.5 Å². The number of aromatic nitrogens is 4. The van der Waals surface area contributed by atoms with Crippen LogP contribution < -0.4 is 10.1 Å². The fraction of sp³-hybridized carbons (Fsp3) is 0.462. The van der Waals surface area contributed by atoms with Gasteiger partial charge in [0.2, 0.25) is 0 Å². The fourth-order valence-corrected chi connectivity index (χ4v) is 1.41. The quantitative estimate of drug-likeness (QED) is 0.910. The average Bonchev–Trinajstić information content (AvgIpc) is 2.73. The van der Waals surface area contributed by atoms with Crippen LogP contribution in [0.15, 0.2) is 24.8 Å². The molecule has 0 atom stereocenters. The molecule has 2 aromatic heterocycles. The lowest BCUT2D eigenvalue weighted by molar-refractivity contribution is 0.419. The van der Waals surface area contributed by atoms with E-state index < -0.39 is 0 Å². The first-order valence-electron chi connectivity index (χ1n) is 6.15. The molecule has 0 radical (unpaired) electrons. The highest BCUT2D eigenvalue weighted by Gasteiger charge is 2.09.